The molecule has 7 nitrogen and oxygen atoms in total. The van der Waals surface area contributed by atoms with Crippen LogP contribution in [0.25, 0.3) is 0 Å². The van der Waals surface area contributed by atoms with Crippen LogP contribution in [0.1, 0.15) is 22.9 Å². The van der Waals surface area contributed by atoms with Gasteiger partial charge in [0.25, 0.3) is 0 Å². The molecule has 0 unspecified atom stereocenters. The van der Waals surface area contributed by atoms with Gasteiger partial charge in [-0.2, -0.15) is 0 Å². The Labute approximate surface area is 148 Å². The molecule has 0 saturated heterocycles. The van der Waals surface area contributed by atoms with Gasteiger partial charge in [-0.05, 0) is 19.9 Å². The molecule has 1 aromatic heterocycles. The van der Waals surface area contributed by atoms with E-state index in [-0.39, 0.29) is 0 Å². The van der Waals surface area contributed by atoms with Crippen molar-refractivity contribution < 1.29 is 13.9 Å². The van der Waals surface area contributed by atoms with Crippen molar-refractivity contribution in [2.75, 3.05) is 27.3 Å². The summed E-state index contributed by atoms with van der Waals surface area (Å²) in [5, 5.41) is 6.35. The fraction of sp³-hybridized carbons (Fsp3) is 0.444. The van der Waals surface area contributed by atoms with E-state index in [0.717, 1.165) is 22.8 Å². The van der Waals surface area contributed by atoms with E-state index in [4.69, 9.17) is 13.9 Å². The van der Waals surface area contributed by atoms with Crippen LogP contribution in [-0.2, 0) is 17.9 Å². The number of nitrogens with one attached hydrogen (secondary N) is 2. The Balaban J connectivity index is 1.67. The monoisotopic (exact) mass is 346 g/mol. The summed E-state index contributed by atoms with van der Waals surface area (Å²) in [5.41, 5.74) is 1.94. The van der Waals surface area contributed by atoms with Gasteiger partial charge in [-0.1, -0.05) is 18.2 Å². The quantitative estimate of drug-likeness (QED) is 0.433. The van der Waals surface area contributed by atoms with Crippen molar-refractivity contribution >= 4 is 5.96 Å². The van der Waals surface area contributed by atoms with Crippen molar-refractivity contribution in [1.82, 2.24) is 15.6 Å². The molecular formula is C18H26N4O3. The van der Waals surface area contributed by atoms with E-state index in [2.05, 4.69) is 20.6 Å². The molecular weight excluding hydrogens is 320 g/mol. The molecule has 7 heteroatoms. The minimum absolute atomic E-state index is 0.483. The summed E-state index contributed by atoms with van der Waals surface area (Å²) in [6, 6.07) is 7.83. The summed E-state index contributed by atoms with van der Waals surface area (Å²) in [6.45, 7) is 6.00. The number of oxazole rings is 1. The highest BCUT2D eigenvalue weighted by molar-refractivity contribution is 5.79. The number of aliphatic imine (C=N–C) groups is 1. The molecule has 0 aliphatic rings. The van der Waals surface area contributed by atoms with Gasteiger partial charge in [0.15, 0.2) is 5.96 Å². The number of nitrogens with zero attached hydrogens (tertiary/aromatic N) is 2. The predicted molar refractivity (Wildman–Crippen MR) is 96.8 cm³/mol. The zero-order valence-corrected chi connectivity index (χ0v) is 15.3. The number of para-hydroxylation sites is 1. The first-order valence-electron chi connectivity index (χ1n) is 8.21. The minimum Gasteiger partial charge on any atom is -0.496 e. The van der Waals surface area contributed by atoms with E-state index < -0.39 is 0 Å². The zero-order valence-electron chi connectivity index (χ0n) is 15.3. The van der Waals surface area contributed by atoms with E-state index in [0.29, 0.717) is 38.2 Å². The summed E-state index contributed by atoms with van der Waals surface area (Å²) in [5.74, 6) is 2.99. The van der Waals surface area contributed by atoms with Gasteiger partial charge in [0.2, 0.25) is 5.89 Å². The summed E-state index contributed by atoms with van der Waals surface area (Å²) >= 11 is 0. The fourth-order valence-electron chi connectivity index (χ4n) is 2.24. The summed E-state index contributed by atoms with van der Waals surface area (Å²) < 4.78 is 16.5. The average Bonchev–Trinajstić information content (AvgIpc) is 2.95. The van der Waals surface area contributed by atoms with Gasteiger partial charge in [0, 0.05) is 19.2 Å². The molecule has 2 aromatic rings. The number of rotatable bonds is 8. The molecule has 2 rings (SSSR count). The molecule has 0 spiro atoms. The lowest BCUT2D eigenvalue weighted by molar-refractivity contribution is 0.123. The van der Waals surface area contributed by atoms with E-state index in [9.17, 15) is 0 Å². The van der Waals surface area contributed by atoms with Crippen LogP contribution in [0.2, 0.25) is 0 Å². The Morgan fingerprint density at radius 1 is 1.24 bits per heavy atom. The van der Waals surface area contributed by atoms with E-state index in [1.165, 1.54) is 0 Å². The summed E-state index contributed by atoms with van der Waals surface area (Å²) in [4.78, 5) is 8.49. The normalized spacial score (nSPS) is 11.4. The Hall–Kier alpha value is -2.54. The lowest BCUT2D eigenvalue weighted by Crippen LogP contribution is -2.38. The fourth-order valence-corrected chi connectivity index (χ4v) is 2.24. The van der Waals surface area contributed by atoms with Crippen molar-refractivity contribution in [3.63, 3.8) is 0 Å². The van der Waals surface area contributed by atoms with Crippen molar-refractivity contribution in [2.45, 2.75) is 27.0 Å². The maximum atomic E-state index is 5.68. The van der Waals surface area contributed by atoms with Gasteiger partial charge in [-0.25, -0.2) is 4.98 Å². The maximum Gasteiger partial charge on any atom is 0.214 e. The van der Waals surface area contributed by atoms with E-state index in [1.54, 1.807) is 14.2 Å². The minimum atomic E-state index is 0.483. The second-order valence-electron chi connectivity index (χ2n) is 5.47. The van der Waals surface area contributed by atoms with Crippen LogP contribution in [0.15, 0.2) is 33.7 Å². The number of benzene rings is 1. The number of guanidine groups is 1. The Morgan fingerprint density at radius 2 is 2.04 bits per heavy atom. The molecule has 0 atom stereocenters. The molecule has 25 heavy (non-hydrogen) atoms. The Bertz CT molecular complexity index is 678. The van der Waals surface area contributed by atoms with Crippen LogP contribution in [0, 0.1) is 13.8 Å². The molecule has 0 amide bonds. The number of aryl methyl sites for hydroxylation is 2. The number of ether oxygens (including phenoxy) is 2. The summed E-state index contributed by atoms with van der Waals surface area (Å²) in [6.07, 6.45) is 0. The van der Waals surface area contributed by atoms with Crippen molar-refractivity contribution in [2.24, 2.45) is 4.99 Å². The third-order valence-electron chi connectivity index (χ3n) is 3.69. The van der Waals surface area contributed by atoms with Gasteiger partial charge in [-0.15, -0.1) is 0 Å². The van der Waals surface area contributed by atoms with Gasteiger partial charge >= 0.3 is 0 Å². The number of methoxy groups -OCH3 is 1. The summed E-state index contributed by atoms with van der Waals surface area (Å²) in [7, 11) is 3.38. The smallest absolute Gasteiger partial charge is 0.214 e. The van der Waals surface area contributed by atoms with Gasteiger partial charge in [-0.3, -0.25) is 4.99 Å². The van der Waals surface area contributed by atoms with Crippen LogP contribution in [0.3, 0.4) is 0 Å². The van der Waals surface area contributed by atoms with Crippen molar-refractivity contribution in [1.29, 1.82) is 0 Å². The lowest BCUT2D eigenvalue weighted by atomic mass is 10.2. The van der Waals surface area contributed by atoms with Crippen LogP contribution in [0.5, 0.6) is 5.75 Å². The van der Waals surface area contributed by atoms with Crippen LogP contribution in [0.4, 0.5) is 0 Å². The first-order chi connectivity index (χ1) is 12.1. The number of hydrogen-bond donors (Lipinski definition) is 2. The average molecular weight is 346 g/mol. The molecule has 0 saturated carbocycles. The highest BCUT2D eigenvalue weighted by atomic mass is 16.5. The molecule has 0 aliphatic carbocycles. The van der Waals surface area contributed by atoms with Crippen LogP contribution >= 0.6 is 0 Å². The zero-order chi connectivity index (χ0) is 18.1. The first-order valence-corrected chi connectivity index (χ1v) is 8.21. The van der Waals surface area contributed by atoms with E-state index in [1.807, 2.05) is 38.1 Å². The molecule has 0 aliphatic heterocycles. The third-order valence-corrected chi connectivity index (χ3v) is 3.69. The Morgan fingerprint density at radius 3 is 2.72 bits per heavy atom. The molecule has 1 heterocycles. The number of aromatic nitrogens is 1. The van der Waals surface area contributed by atoms with Crippen molar-refractivity contribution in [3.8, 4) is 5.75 Å². The predicted octanol–water partition coefficient (Wildman–Crippen LogP) is 2.18. The molecule has 2 N–H and O–H groups in total. The van der Waals surface area contributed by atoms with Crippen LogP contribution in [-0.4, -0.2) is 38.3 Å². The lowest BCUT2D eigenvalue weighted by Gasteiger charge is -2.12. The molecule has 0 bridgehead atoms. The van der Waals surface area contributed by atoms with E-state index >= 15 is 0 Å². The number of hydrogen-bond acceptors (Lipinski definition) is 5. The molecule has 136 valence electrons. The first kappa shape index (κ1) is 18.8. The van der Waals surface area contributed by atoms with Gasteiger partial charge in [0.05, 0.1) is 32.6 Å². The second kappa shape index (κ2) is 9.68. The Kier molecular flexibility index (Phi) is 7.28. The second-order valence-corrected chi connectivity index (χ2v) is 5.47. The topological polar surface area (TPSA) is 80.9 Å². The van der Waals surface area contributed by atoms with Crippen LogP contribution < -0.4 is 15.4 Å². The molecule has 1 aromatic carbocycles. The van der Waals surface area contributed by atoms with Crippen molar-refractivity contribution in [3.05, 3.63) is 47.2 Å². The molecule has 0 radical (unpaired) electrons. The third kappa shape index (κ3) is 5.79. The highest BCUT2D eigenvalue weighted by Gasteiger charge is 2.06. The standard InChI is InChI=1S/C18H26N4O3/c1-13-14(2)25-17(22-13)11-21-18(19-3)20-9-10-24-12-15-7-5-6-8-16(15)23-4/h5-8H,9-12H2,1-4H3,(H2,19,20,21). The highest BCUT2D eigenvalue weighted by Crippen LogP contribution is 2.17. The maximum absolute atomic E-state index is 5.68. The molecule has 0 fully saturated rings. The largest absolute Gasteiger partial charge is 0.496 e. The SMILES string of the molecule is CN=C(NCCOCc1ccccc1OC)NCc1nc(C)c(C)o1. The van der Waals surface area contributed by atoms with Gasteiger partial charge < -0.3 is 24.5 Å². The van der Waals surface area contributed by atoms with Gasteiger partial charge in [0.1, 0.15) is 11.5 Å².